The van der Waals surface area contributed by atoms with Crippen LogP contribution in [0.1, 0.15) is 10.5 Å². The topological polar surface area (TPSA) is 70.9 Å². The number of nitrogens with one attached hydrogen (secondary N) is 2. The minimum atomic E-state index is -0.476. The Hall–Kier alpha value is -2.01. The zero-order chi connectivity index (χ0) is 12.4. The van der Waals surface area contributed by atoms with Crippen LogP contribution in [0.2, 0.25) is 5.02 Å². The molecule has 4 N–H and O–H groups in total. The lowest BCUT2D eigenvalue weighted by atomic mass is 10.3. The summed E-state index contributed by atoms with van der Waals surface area (Å²) in [7, 11) is 0. The van der Waals surface area contributed by atoms with E-state index in [-0.39, 0.29) is 16.4 Å². The van der Waals surface area contributed by atoms with Crippen LogP contribution in [0.25, 0.3) is 0 Å². The van der Waals surface area contributed by atoms with Gasteiger partial charge in [0.2, 0.25) is 0 Å². The summed E-state index contributed by atoms with van der Waals surface area (Å²) in [5.74, 6) is -0.912. The van der Waals surface area contributed by atoms with E-state index in [4.69, 9.17) is 17.3 Å². The van der Waals surface area contributed by atoms with Crippen LogP contribution >= 0.6 is 11.6 Å². The van der Waals surface area contributed by atoms with Crippen molar-refractivity contribution in [2.75, 3.05) is 11.1 Å². The SMILES string of the molecule is Nc1c[nH]c(C(=O)Nc2cc(F)ccc2Cl)c1. The molecule has 2 rings (SSSR count). The van der Waals surface area contributed by atoms with Crippen LogP contribution in [0.5, 0.6) is 0 Å². The quantitative estimate of drug-likeness (QED) is 0.770. The van der Waals surface area contributed by atoms with Crippen LogP contribution in [0, 0.1) is 5.82 Å². The fraction of sp³-hybridized carbons (Fsp3) is 0. The summed E-state index contributed by atoms with van der Waals surface area (Å²) in [4.78, 5) is 14.4. The first kappa shape index (κ1) is 11.5. The Morgan fingerprint density at radius 3 is 2.82 bits per heavy atom. The van der Waals surface area contributed by atoms with Crippen LogP contribution in [0.3, 0.4) is 0 Å². The lowest BCUT2D eigenvalue weighted by molar-refractivity contribution is 0.102. The van der Waals surface area contributed by atoms with E-state index in [1.807, 2.05) is 0 Å². The van der Waals surface area contributed by atoms with Gasteiger partial charge in [0.05, 0.1) is 10.7 Å². The van der Waals surface area contributed by atoms with Gasteiger partial charge in [0.15, 0.2) is 0 Å². The number of carbonyl (C=O) groups is 1. The van der Waals surface area contributed by atoms with Crippen LogP contribution in [-0.4, -0.2) is 10.9 Å². The van der Waals surface area contributed by atoms with Gasteiger partial charge >= 0.3 is 0 Å². The fourth-order valence-corrected chi connectivity index (χ4v) is 1.49. The number of aromatic nitrogens is 1. The van der Waals surface area contributed by atoms with Gasteiger partial charge in [0, 0.05) is 11.9 Å². The predicted octanol–water partition coefficient (Wildman–Crippen LogP) is 2.64. The van der Waals surface area contributed by atoms with E-state index in [1.54, 1.807) is 0 Å². The molecule has 0 aliphatic rings. The average Bonchev–Trinajstić information content (AvgIpc) is 2.70. The largest absolute Gasteiger partial charge is 0.397 e. The maximum atomic E-state index is 13.0. The van der Waals surface area contributed by atoms with Crippen LogP contribution in [-0.2, 0) is 0 Å². The molecule has 2 aromatic rings. The Morgan fingerprint density at radius 2 is 2.18 bits per heavy atom. The number of H-pyrrole nitrogens is 1. The number of anilines is 2. The first-order chi connectivity index (χ1) is 8.06. The van der Waals surface area contributed by atoms with Crippen LogP contribution in [0.4, 0.5) is 15.8 Å². The molecule has 17 heavy (non-hydrogen) atoms. The van der Waals surface area contributed by atoms with Gasteiger partial charge in [0.1, 0.15) is 11.5 Å². The van der Waals surface area contributed by atoms with Gasteiger partial charge in [-0.15, -0.1) is 0 Å². The summed E-state index contributed by atoms with van der Waals surface area (Å²) >= 11 is 5.82. The third-order valence-corrected chi connectivity index (χ3v) is 2.46. The summed E-state index contributed by atoms with van der Waals surface area (Å²) in [6.45, 7) is 0. The van der Waals surface area contributed by atoms with Crippen molar-refractivity contribution in [1.82, 2.24) is 4.98 Å². The predicted molar refractivity (Wildman–Crippen MR) is 64.6 cm³/mol. The van der Waals surface area contributed by atoms with Crippen molar-refractivity contribution in [2.24, 2.45) is 0 Å². The highest BCUT2D eigenvalue weighted by molar-refractivity contribution is 6.33. The molecule has 4 nitrogen and oxygen atoms in total. The van der Waals surface area contributed by atoms with E-state index in [0.717, 1.165) is 6.07 Å². The smallest absolute Gasteiger partial charge is 0.272 e. The molecule has 0 saturated heterocycles. The molecule has 0 radical (unpaired) electrons. The highest BCUT2D eigenvalue weighted by Crippen LogP contribution is 2.23. The minimum Gasteiger partial charge on any atom is -0.397 e. The molecule has 0 aliphatic heterocycles. The molecule has 0 bridgehead atoms. The van der Waals surface area contributed by atoms with Crippen molar-refractivity contribution >= 4 is 28.9 Å². The van der Waals surface area contributed by atoms with Gasteiger partial charge in [-0.3, -0.25) is 4.79 Å². The minimum absolute atomic E-state index is 0.213. The number of nitrogens with two attached hydrogens (primary N) is 1. The van der Waals surface area contributed by atoms with Gasteiger partial charge in [-0.25, -0.2) is 4.39 Å². The highest BCUT2D eigenvalue weighted by atomic mass is 35.5. The molecule has 1 amide bonds. The normalized spacial score (nSPS) is 10.2. The Balaban J connectivity index is 2.21. The number of hydrogen-bond donors (Lipinski definition) is 3. The van der Waals surface area contributed by atoms with Crippen LogP contribution < -0.4 is 11.1 Å². The third kappa shape index (κ3) is 2.57. The molecule has 0 fully saturated rings. The summed E-state index contributed by atoms with van der Waals surface area (Å²) in [6, 6.07) is 5.20. The zero-order valence-corrected chi connectivity index (χ0v) is 9.38. The molecule has 0 atom stereocenters. The first-order valence-corrected chi connectivity index (χ1v) is 5.14. The van der Waals surface area contributed by atoms with E-state index in [2.05, 4.69) is 10.3 Å². The second-order valence-corrected chi connectivity index (χ2v) is 3.83. The second-order valence-electron chi connectivity index (χ2n) is 3.42. The maximum absolute atomic E-state index is 13.0. The standard InChI is InChI=1S/C11H9ClFN3O/c12-8-2-1-6(13)3-9(8)16-11(17)10-4-7(14)5-15-10/h1-5,15H,14H2,(H,16,17). The molecule has 1 aromatic heterocycles. The van der Waals surface area contributed by atoms with Crippen molar-refractivity contribution in [3.05, 3.63) is 47.0 Å². The molecule has 0 aliphatic carbocycles. The van der Waals surface area contributed by atoms with Gasteiger partial charge in [-0.1, -0.05) is 11.6 Å². The van der Waals surface area contributed by atoms with E-state index in [0.29, 0.717) is 5.69 Å². The number of hydrogen-bond acceptors (Lipinski definition) is 2. The van der Waals surface area contributed by atoms with E-state index in [1.165, 1.54) is 24.4 Å². The van der Waals surface area contributed by atoms with Gasteiger partial charge in [0.25, 0.3) is 5.91 Å². The Labute approximate surface area is 102 Å². The summed E-state index contributed by atoms with van der Waals surface area (Å²) < 4.78 is 13.0. The number of nitrogen functional groups attached to an aromatic ring is 1. The average molecular weight is 254 g/mol. The number of amides is 1. The molecule has 0 unspecified atom stereocenters. The Bertz CT molecular complexity index is 568. The molecule has 0 saturated carbocycles. The Kier molecular flexibility index (Phi) is 3.01. The number of aromatic amines is 1. The van der Waals surface area contributed by atoms with Crippen molar-refractivity contribution in [2.45, 2.75) is 0 Å². The molecule has 1 heterocycles. The number of benzene rings is 1. The van der Waals surface area contributed by atoms with Crippen molar-refractivity contribution in [1.29, 1.82) is 0 Å². The molecular formula is C11H9ClFN3O. The number of carbonyl (C=O) groups excluding carboxylic acids is 1. The van der Waals surface area contributed by atoms with E-state index >= 15 is 0 Å². The monoisotopic (exact) mass is 253 g/mol. The second kappa shape index (κ2) is 4.47. The zero-order valence-electron chi connectivity index (χ0n) is 8.63. The van der Waals surface area contributed by atoms with Gasteiger partial charge in [-0.2, -0.15) is 0 Å². The molecule has 1 aromatic carbocycles. The third-order valence-electron chi connectivity index (χ3n) is 2.13. The number of halogens is 2. The van der Waals surface area contributed by atoms with Gasteiger partial charge < -0.3 is 16.0 Å². The maximum Gasteiger partial charge on any atom is 0.272 e. The summed E-state index contributed by atoms with van der Waals surface area (Å²) in [5, 5.41) is 2.75. The number of rotatable bonds is 2. The van der Waals surface area contributed by atoms with Gasteiger partial charge in [-0.05, 0) is 24.3 Å². The van der Waals surface area contributed by atoms with Crippen LogP contribution in [0.15, 0.2) is 30.5 Å². The lowest BCUT2D eigenvalue weighted by Crippen LogP contribution is -2.12. The molecular weight excluding hydrogens is 245 g/mol. The Morgan fingerprint density at radius 1 is 1.41 bits per heavy atom. The molecule has 0 spiro atoms. The van der Waals surface area contributed by atoms with E-state index < -0.39 is 11.7 Å². The molecule has 6 heteroatoms. The summed E-state index contributed by atoms with van der Waals surface area (Å²) in [6.07, 6.45) is 1.49. The van der Waals surface area contributed by atoms with Crippen molar-refractivity contribution in [3.63, 3.8) is 0 Å². The lowest BCUT2D eigenvalue weighted by Gasteiger charge is -2.05. The highest BCUT2D eigenvalue weighted by Gasteiger charge is 2.10. The summed E-state index contributed by atoms with van der Waals surface area (Å²) in [5.41, 5.74) is 6.40. The fourth-order valence-electron chi connectivity index (χ4n) is 1.33. The van der Waals surface area contributed by atoms with Crippen molar-refractivity contribution < 1.29 is 9.18 Å². The van der Waals surface area contributed by atoms with Crippen molar-refractivity contribution in [3.8, 4) is 0 Å². The molecule has 88 valence electrons. The van der Waals surface area contributed by atoms with E-state index in [9.17, 15) is 9.18 Å². The first-order valence-electron chi connectivity index (χ1n) is 4.76.